The Hall–Kier alpha value is -2.82. The lowest BCUT2D eigenvalue weighted by Gasteiger charge is -2.15. The second kappa shape index (κ2) is 7.83. The quantitative estimate of drug-likeness (QED) is 0.650. The summed E-state index contributed by atoms with van der Waals surface area (Å²) < 4.78 is 0. The van der Waals surface area contributed by atoms with Crippen LogP contribution in [-0.4, -0.2) is 18.4 Å². The zero-order valence-electron chi connectivity index (χ0n) is 14.5. The first-order valence-electron chi connectivity index (χ1n) is 8.71. The molecule has 5 nitrogen and oxygen atoms in total. The van der Waals surface area contributed by atoms with Gasteiger partial charge in [0.05, 0.1) is 6.54 Å². The highest BCUT2D eigenvalue weighted by atomic mass is 16.2. The van der Waals surface area contributed by atoms with Crippen LogP contribution in [-0.2, 0) is 17.8 Å². The van der Waals surface area contributed by atoms with Gasteiger partial charge in [-0.25, -0.2) is 4.99 Å². The average molecular weight is 336 g/mol. The zero-order valence-corrected chi connectivity index (χ0v) is 14.5. The predicted octanol–water partition coefficient (Wildman–Crippen LogP) is 3.30. The maximum absolute atomic E-state index is 11.8. The first-order valence-corrected chi connectivity index (χ1v) is 8.71. The van der Waals surface area contributed by atoms with E-state index in [1.54, 1.807) is 0 Å². The minimum absolute atomic E-state index is 0.202. The molecule has 2 aromatic carbocycles. The van der Waals surface area contributed by atoms with Crippen molar-refractivity contribution in [1.82, 2.24) is 0 Å². The van der Waals surface area contributed by atoms with Crippen LogP contribution in [0.2, 0.25) is 0 Å². The van der Waals surface area contributed by atoms with Crippen LogP contribution in [0.5, 0.6) is 0 Å². The van der Waals surface area contributed by atoms with Gasteiger partial charge in [0, 0.05) is 24.3 Å². The highest BCUT2D eigenvalue weighted by molar-refractivity contribution is 5.95. The number of hydrogen-bond donors (Lipinski definition) is 2. The van der Waals surface area contributed by atoms with E-state index in [2.05, 4.69) is 29.4 Å². The van der Waals surface area contributed by atoms with Crippen LogP contribution in [0.4, 0.5) is 11.4 Å². The van der Waals surface area contributed by atoms with Gasteiger partial charge in [-0.15, -0.1) is 0 Å². The third-order valence-corrected chi connectivity index (χ3v) is 4.36. The Labute approximate surface area is 148 Å². The monoisotopic (exact) mass is 336 g/mol. The Kier molecular flexibility index (Phi) is 5.33. The van der Waals surface area contributed by atoms with Crippen molar-refractivity contribution in [2.75, 3.05) is 16.8 Å². The highest BCUT2D eigenvalue weighted by Crippen LogP contribution is 2.21. The number of rotatable bonds is 5. The maximum atomic E-state index is 11.8. The third-order valence-electron chi connectivity index (χ3n) is 4.36. The van der Waals surface area contributed by atoms with Crippen molar-refractivity contribution in [3.05, 3.63) is 59.7 Å². The van der Waals surface area contributed by atoms with E-state index in [4.69, 9.17) is 5.73 Å². The molecule has 0 saturated carbocycles. The Morgan fingerprint density at radius 1 is 1.20 bits per heavy atom. The SMILES string of the molecule is CCc1cccc(NC(N)=NCc2ccc(N3CCCC3=O)cc2)c1. The lowest BCUT2D eigenvalue weighted by atomic mass is 10.1. The van der Waals surface area contributed by atoms with Crippen LogP contribution in [0.15, 0.2) is 53.5 Å². The third kappa shape index (κ3) is 4.38. The van der Waals surface area contributed by atoms with Crippen molar-refractivity contribution in [1.29, 1.82) is 0 Å². The lowest BCUT2D eigenvalue weighted by Crippen LogP contribution is -2.23. The van der Waals surface area contributed by atoms with Crippen molar-refractivity contribution in [3.8, 4) is 0 Å². The molecule has 0 unspecified atom stereocenters. The molecule has 5 heteroatoms. The molecule has 0 aromatic heterocycles. The number of aryl methyl sites for hydroxylation is 1. The number of nitrogens with two attached hydrogens (primary N) is 1. The molecule has 1 fully saturated rings. The largest absolute Gasteiger partial charge is 0.370 e. The van der Waals surface area contributed by atoms with Gasteiger partial charge in [0.15, 0.2) is 5.96 Å². The van der Waals surface area contributed by atoms with Crippen LogP contribution in [0.25, 0.3) is 0 Å². The highest BCUT2D eigenvalue weighted by Gasteiger charge is 2.21. The maximum Gasteiger partial charge on any atom is 0.227 e. The molecule has 3 N–H and O–H groups in total. The van der Waals surface area contributed by atoms with Gasteiger partial charge in [0.25, 0.3) is 0 Å². The zero-order chi connectivity index (χ0) is 17.6. The minimum atomic E-state index is 0.202. The fourth-order valence-electron chi connectivity index (χ4n) is 2.94. The molecule has 2 aromatic rings. The number of anilines is 2. The molecule has 1 aliphatic rings. The second-order valence-electron chi connectivity index (χ2n) is 6.20. The summed E-state index contributed by atoms with van der Waals surface area (Å²) in [6, 6.07) is 16.1. The molecular formula is C20H24N4O. The number of hydrogen-bond acceptors (Lipinski definition) is 2. The van der Waals surface area contributed by atoms with E-state index in [-0.39, 0.29) is 5.91 Å². The van der Waals surface area contributed by atoms with Crippen LogP contribution in [0.3, 0.4) is 0 Å². The molecule has 3 rings (SSSR count). The molecular weight excluding hydrogens is 312 g/mol. The van der Waals surface area contributed by atoms with Crippen LogP contribution in [0, 0.1) is 0 Å². The van der Waals surface area contributed by atoms with Crippen molar-refractivity contribution >= 4 is 23.2 Å². The number of benzene rings is 2. The molecule has 1 saturated heterocycles. The first-order chi connectivity index (χ1) is 12.2. The Morgan fingerprint density at radius 2 is 2.00 bits per heavy atom. The minimum Gasteiger partial charge on any atom is -0.370 e. The van der Waals surface area contributed by atoms with Crippen molar-refractivity contribution in [3.63, 3.8) is 0 Å². The normalized spacial score (nSPS) is 14.8. The smallest absolute Gasteiger partial charge is 0.227 e. The summed E-state index contributed by atoms with van der Waals surface area (Å²) >= 11 is 0. The first kappa shape index (κ1) is 17.0. The van der Waals surface area contributed by atoms with Crippen LogP contribution in [0.1, 0.15) is 30.9 Å². The number of guanidine groups is 1. The summed E-state index contributed by atoms with van der Waals surface area (Å²) in [5.74, 6) is 0.598. The van der Waals surface area contributed by atoms with E-state index >= 15 is 0 Å². The summed E-state index contributed by atoms with van der Waals surface area (Å²) in [5.41, 5.74) is 10.2. The van der Waals surface area contributed by atoms with E-state index in [1.165, 1.54) is 5.56 Å². The van der Waals surface area contributed by atoms with Crippen molar-refractivity contribution in [2.45, 2.75) is 32.7 Å². The van der Waals surface area contributed by atoms with Crippen molar-refractivity contribution < 1.29 is 4.79 Å². The van der Waals surface area contributed by atoms with Gasteiger partial charge in [0.2, 0.25) is 5.91 Å². The van der Waals surface area contributed by atoms with Gasteiger partial charge in [-0.3, -0.25) is 4.79 Å². The van der Waals surface area contributed by atoms with E-state index in [9.17, 15) is 4.79 Å². The molecule has 0 aliphatic carbocycles. The Balaban J connectivity index is 1.59. The van der Waals surface area contributed by atoms with Crippen LogP contribution >= 0.6 is 0 Å². The van der Waals surface area contributed by atoms with E-state index in [1.807, 2.05) is 41.3 Å². The van der Waals surface area contributed by atoms with E-state index in [0.717, 1.165) is 36.3 Å². The molecule has 0 radical (unpaired) electrons. The Bertz CT molecular complexity index is 768. The number of carbonyl (C=O) groups is 1. The molecule has 25 heavy (non-hydrogen) atoms. The summed E-state index contributed by atoms with van der Waals surface area (Å²) in [5, 5.41) is 3.12. The molecule has 0 atom stereocenters. The molecule has 0 bridgehead atoms. The summed E-state index contributed by atoms with van der Waals surface area (Å²) in [6.45, 7) is 3.43. The Morgan fingerprint density at radius 3 is 2.68 bits per heavy atom. The number of carbonyl (C=O) groups excluding carboxylic acids is 1. The van der Waals surface area contributed by atoms with Gasteiger partial charge >= 0.3 is 0 Å². The predicted molar refractivity (Wildman–Crippen MR) is 103 cm³/mol. The topological polar surface area (TPSA) is 70.7 Å². The van der Waals surface area contributed by atoms with Crippen molar-refractivity contribution in [2.24, 2.45) is 10.7 Å². The van der Waals surface area contributed by atoms with E-state index in [0.29, 0.717) is 18.9 Å². The van der Waals surface area contributed by atoms with E-state index < -0.39 is 0 Å². The second-order valence-corrected chi connectivity index (χ2v) is 6.20. The summed E-state index contributed by atoms with van der Waals surface area (Å²) in [4.78, 5) is 18.0. The average Bonchev–Trinajstić information content (AvgIpc) is 3.06. The molecule has 1 aliphatic heterocycles. The fraction of sp³-hybridized carbons (Fsp3) is 0.300. The van der Waals surface area contributed by atoms with Gasteiger partial charge < -0.3 is 16.0 Å². The van der Waals surface area contributed by atoms with Gasteiger partial charge in [0.1, 0.15) is 0 Å². The van der Waals surface area contributed by atoms with Gasteiger partial charge in [-0.1, -0.05) is 31.2 Å². The molecule has 1 heterocycles. The number of nitrogens with zero attached hydrogens (tertiary/aromatic N) is 2. The van der Waals surface area contributed by atoms with Crippen LogP contribution < -0.4 is 16.0 Å². The van der Waals surface area contributed by atoms with Gasteiger partial charge in [-0.05, 0) is 48.2 Å². The summed E-state index contributed by atoms with van der Waals surface area (Å²) in [6.07, 6.45) is 2.57. The number of nitrogens with one attached hydrogen (secondary N) is 1. The summed E-state index contributed by atoms with van der Waals surface area (Å²) in [7, 11) is 0. The van der Waals surface area contributed by atoms with Gasteiger partial charge in [-0.2, -0.15) is 0 Å². The fourth-order valence-corrected chi connectivity index (χ4v) is 2.94. The molecule has 1 amide bonds. The molecule has 0 spiro atoms. The molecule has 130 valence electrons. The standard InChI is InChI=1S/C20H24N4O/c1-2-15-5-3-6-17(13-15)23-20(21)22-14-16-8-10-18(11-9-16)24-12-4-7-19(24)25/h3,5-6,8-11,13H,2,4,7,12,14H2,1H3,(H3,21,22,23). The lowest BCUT2D eigenvalue weighted by molar-refractivity contribution is -0.117. The number of aliphatic imine (C=N–C) groups is 1. The number of amides is 1.